The lowest BCUT2D eigenvalue weighted by atomic mass is 10.00. The number of hydrogen-bond acceptors (Lipinski definition) is 7. The van der Waals surface area contributed by atoms with Crippen molar-refractivity contribution in [3.63, 3.8) is 0 Å². The molecule has 0 bridgehead atoms. The van der Waals surface area contributed by atoms with Crippen LogP contribution in [0.4, 0.5) is 0 Å². The van der Waals surface area contributed by atoms with Crippen LogP contribution in [0.15, 0.2) is 30.5 Å². The van der Waals surface area contributed by atoms with E-state index >= 15 is 0 Å². The van der Waals surface area contributed by atoms with Crippen LogP contribution in [-0.2, 0) is 30.4 Å². The van der Waals surface area contributed by atoms with Crippen molar-refractivity contribution in [1.29, 1.82) is 0 Å². The second kappa shape index (κ2) is 14.3. The number of aliphatic hydroxyl groups is 1. The molecule has 5 unspecified atom stereocenters. The van der Waals surface area contributed by atoms with Gasteiger partial charge in [-0.15, -0.1) is 0 Å². The largest absolute Gasteiger partial charge is 0.480 e. The van der Waals surface area contributed by atoms with Gasteiger partial charge < -0.3 is 42.6 Å². The number of hydrogen-bond donors (Lipinski definition) is 8. The van der Waals surface area contributed by atoms with E-state index in [4.69, 9.17) is 11.5 Å². The van der Waals surface area contributed by atoms with E-state index in [1.54, 1.807) is 6.20 Å². The zero-order valence-electron chi connectivity index (χ0n) is 22.3. The van der Waals surface area contributed by atoms with Crippen LogP contribution in [0.5, 0.6) is 0 Å². The molecule has 4 amide bonds. The molecule has 0 spiro atoms. The molecule has 0 saturated carbocycles. The number of para-hydroxylation sites is 1. The standard InChI is InChI=1S/C26H38N6O7/c1-13(2)10-19(32-25(37)22(28)14(3)33)23(35)31-20(11-15-12-29-17-7-5-4-6-16(15)17)24(36)30-18(26(38)39)8-9-21(27)34/h4-7,12-14,18-20,22,29,33H,8-11,28H2,1-3H3,(H2,27,34)(H,30,36)(H,31,35)(H,32,37)(H,38,39). The third-order valence-corrected chi connectivity index (χ3v) is 6.19. The minimum atomic E-state index is -1.41. The van der Waals surface area contributed by atoms with Gasteiger partial charge in [-0.25, -0.2) is 4.79 Å². The SMILES string of the molecule is CC(C)CC(NC(=O)C(N)C(C)O)C(=O)NC(Cc1c[nH]c2ccccc12)C(=O)NC(CCC(N)=O)C(=O)O. The number of nitrogens with one attached hydrogen (secondary N) is 4. The third-order valence-electron chi connectivity index (χ3n) is 6.19. The Labute approximate surface area is 226 Å². The zero-order valence-corrected chi connectivity index (χ0v) is 22.3. The van der Waals surface area contributed by atoms with Crippen LogP contribution in [0, 0.1) is 5.92 Å². The van der Waals surface area contributed by atoms with Crippen LogP contribution >= 0.6 is 0 Å². The summed E-state index contributed by atoms with van der Waals surface area (Å²) in [6.07, 6.45) is 0.257. The molecule has 0 aliphatic carbocycles. The number of carboxylic acids is 1. The van der Waals surface area contributed by atoms with Crippen LogP contribution < -0.4 is 27.4 Å². The van der Waals surface area contributed by atoms with E-state index in [9.17, 15) is 34.2 Å². The number of carbonyl (C=O) groups is 5. The highest BCUT2D eigenvalue weighted by atomic mass is 16.4. The van der Waals surface area contributed by atoms with Crippen molar-refractivity contribution in [1.82, 2.24) is 20.9 Å². The number of nitrogens with two attached hydrogens (primary N) is 2. The van der Waals surface area contributed by atoms with Gasteiger partial charge in [-0.2, -0.15) is 0 Å². The summed E-state index contributed by atoms with van der Waals surface area (Å²) >= 11 is 0. The Morgan fingerprint density at radius 1 is 0.923 bits per heavy atom. The van der Waals surface area contributed by atoms with Gasteiger partial charge >= 0.3 is 5.97 Å². The number of amides is 4. The number of aliphatic hydroxyl groups excluding tert-OH is 1. The van der Waals surface area contributed by atoms with Crippen molar-refractivity contribution in [3.05, 3.63) is 36.0 Å². The second-order valence-corrected chi connectivity index (χ2v) is 9.99. The number of rotatable bonds is 15. The predicted octanol–water partition coefficient (Wildman–Crippen LogP) is -0.731. The number of primary amides is 1. The van der Waals surface area contributed by atoms with E-state index in [-0.39, 0.29) is 31.6 Å². The fourth-order valence-corrected chi connectivity index (χ4v) is 4.01. The van der Waals surface area contributed by atoms with Gasteiger partial charge in [-0.3, -0.25) is 19.2 Å². The molecule has 1 heterocycles. The van der Waals surface area contributed by atoms with Crippen LogP contribution in [0.25, 0.3) is 10.9 Å². The highest BCUT2D eigenvalue weighted by molar-refractivity contribution is 5.95. The van der Waals surface area contributed by atoms with Gasteiger partial charge in [0.15, 0.2) is 0 Å². The number of aromatic amines is 1. The summed E-state index contributed by atoms with van der Waals surface area (Å²) in [6, 6.07) is 2.34. The Hall–Kier alpha value is -3.97. The highest BCUT2D eigenvalue weighted by Gasteiger charge is 2.32. The first-order valence-corrected chi connectivity index (χ1v) is 12.7. The number of carbonyl (C=O) groups excluding carboxylic acids is 4. The first kappa shape index (κ1) is 31.2. The summed E-state index contributed by atoms with van der Waals surface area (Å²) in [4.78, 5) is 65.1. The van der Waals surface area contributed by atoms with Gasteiger partial charge in [0.1, 0.15) is 24.2 Å². The first-order valence-electron chi connectivity index (χ1n) is 12.7. The van der Waals surface area contributed by atoms with Gasteiger partial charge in [-0.1, -0.05) is 32.0 Å². The number of benzene rings is 1. The summed E-state index contributed by atoms with van der Waals surface area (Å²) < 4.78 is 0. The maximum atomic E-state index is 13.4. The van der Waals surface area contributed by atoms with E-state index in [0.29, 0.717) is 5.56 Å². The van der Waals surface area contributed by atoms with Crippen molar-refractivity contribution in [2.24, 2.45) is 17.4 Å². The van der Waals surface area contributed by atoms with Crippen LogP contribution in [-0.4, -0.2) is 75.1 Å². The van der Waals surface area contributed by atoms with E-state index in [1.165, 1.54) is 6.92 Å². The normalized spacial score (nSPS) is 15.1. The third kappa shape index (κ3) is 9.37. The number of aliphatic carboxylic acids is 1. The summed E-state index contributed by atoms with van der Waals surface area (Å²) in [5.41, 5.74) is 12.3. The van der Waals surface area contributed by atoms with E-state index in [0.717, 1.165) is 10.9 Å². The number of fused-ring (bicyclic) bond motifs is 1. The van der Waals surface area contributed by atoms with E-state index in [2.05, 4.69) is 20.9 Å². The Morgan fingerprint density at radius 3 is 2.10 bits per heavy atom. The molecule has 0 aliphatic rings. The van der Waals surface area contributed by atoms with Gasteiger partial charge in [-0.05, 0) is 37.3 Å². The molecule has 2 rings (SSSR count). The molecule has 0 saturated heterocycles. The zero-order chi connectivity index (χ0) is 29.3. The van der Waals surface area contributed by atoms with Crippen LogP contribution in [0.2, 0.25) is 0 Å². The van der Waals surface area contributed by atoms with Crippen molar-refractivity contribution in [2.75, 3.05) is 0 Å². The molecular formula is C26H38N6O7. The number of carboxylic acid groups (broad SMARTS) is 1. The smallest absolute Gasteiger partial charge is 0.326 e. The average Bonchev–Trinajstić information content (AvgIpc) is 3.27. The minimum Gasteiger partial charge on any atom is -0.480 e. The molecule has 1 aromatic carbocycles. The molecule has 10 N–H and O–H groups in total. The monoisotopic (exact) mass is 546 g/mol. The van der Waals surface area contributed by atoms with Gasteiger partial charge in [0.2, 0.25) is 23.6 Å². The van der Waals surface area contributed by atoms with Crippen molar-refractivity contribution in [3.8, 4) is 0 Å². The predicted molar refractivity (Wildman–Crippen MR) is 143 cm³/mol. The lowest BCUT2D eigenvalue weighted by Crippen LogP contribution is -2.58. The second-order valence-electron chi connectivity index (χ2n) is 9.99. The number of aromatic nitrogens is 1. The lowest BCUT2D eigenvalue weighted by Gasteiger charge is -2.26. The van der Waals surface area contributed by atoms with Crippen molar-refractivity contribution >= 4 is 40.5 Å². The lowest BCUT2D eigenvalue weighted by molar-refractivity contribution is -0.142. The minimum absolute atomic E-state index is 0.000716. The molecule has 39 heavy (non-hydrogen) atoms. The quantitative estimate of drug-likeness (QED) is 0.142. The fraction of sp³-hybridized carbons (Fsp3) is 0.500. The summed E-state index contributed by atoms with van der Waals surface area (Å²) in [6.45, 7) is 5.03. The highest BCUT2D eigenvalue weighted by Crippen LogP contribution is 2.19. The average molecular weight is 547 g/mol. The van der Waals surface area contributed by atoms with Crippen molar-refractivity contribution < 1.29 is 34.2 Å². The molecular weight excluding hydrogens is 508 g/mol. The molecule has 5 atom stereocenters. The molecule has 1 aromatic heterocycles. The summed E-state index contributed by atoms with van der Waals surface area (Å²) in [7, 11) is 0. The Morgan fingerprint density at radius 2 is 1.51 bits per heavy atom. The molecule has 0 radical (unpaired) electrons. The Kier molecular flexibility index (Phi) is 11.4. The van der Waals surface area contributed by atoms with Gasteiger partial charge in [0.25, 0.3) is 0 Å². The summed E-state index contributed by atoms with van der Waals surface area (Å²) in [5.74, 6) is -4.32. The van der Waals surface area contributed by atoms with Crippen LogP contribution in [0.3, 0.4) is 0 Å². The Bertz CT molecular complexity index is 1180. The van der Waals surface area contributed by atoms with Crippen LogP contribution in [0.1, 0.15) is 45.6 Å². The topological polar surface area (TPSA) is 230 Å². The first-order chi connectivity index (χ1) is 18.3. The van der Waals surface area contributed by atoms with Gasteiger partial charge in [0.05, 0.1) is 6.10 Å². The molecule has 0 aliphatic heterocycles. The molecule has 2 aromatic rings. The summed E-state index contributed by atoms with van der Waals surface area (Å²) in [5, 5.41) is 27.6. The fourth-order valence-electron chi connectivity index (χ4n) is 4.01. The molecule has 13 heteroatoms. The molecule has 214 valence electrons. The molecule has 0 fully saturated rings. The van der Waals surface area contributed by atoms with E-state index in [1.807, 2.05) is 38.1 Å². The number of H-pyrrole nitrogens is 1. The Balaban J connectivity index is 2.33. The molecule has 13 nitrogen and oxygen atoms in total. The maximum Gasteiger partial charge on any atom is 0.326 e. The van der Waals surface area contributed by atoms with Crippen molar-refractivity contribution in [2.45, 2.75) is 76.7 Å². The maximum absolute atomic E-state index is 13.4. The van der Waals surface area contributed by atoms with E-state index < -0.39 is 59.9 Å². The van der Waals surface area contributed by atoms with Gasteiger partial charge in [0, 0.05) is 29.9 Å².